The van der Waals surface area contributed by atoms with Gasteiger partial charge >= 0.3 is 0 Å². The molecular weight excluding hydrogens is 913 g/mol. The van der Waals surface area contributed by atoms with Gasteiger partial charge in [-0.25, -0.2) is 0 Å². The molecule has 0 fully saturated rings. The van der Waals surface area contributed by atoms with Crippen LogP contribution in [0.2, 0.25) is 0 Å². The number of rotatable bonds is 6. The summed E-state index contributed by atoms with van der Waals surface area (Å²) >= 11 is 0. The van der Waals surface area contributed by atoms with Crippen LogP contribution in [-0.2, 0) is 16.2 Å². The van der Waals surface area contributed by atoms with Crippen LogP contribution in [0.3, 0.4) is 0 Å². The van der Waals surface area contributed by atoms with Gasteiger partial charge in [-0.05, 0) is 211 Å². The molecule has 75 heavy (non-hydrogen) atoms. The third kappa shape index (κ3) is 6.47. The maximum atomic E-state index is 9.74. The summed E-state index contributed by atoms with van der Waals surface area (Å²) in [5.41, 5.74) is 22.5. The van der Waals surface area contributed by atoms with Crippen LogP contribution in [0, 0.1) is 45.3 Å². The van der Waals surface area contributed by atoms with Crippen molar-refractivity contribution in [1.82, 2.24) is 0 Å². The topological polar surface area (TPSA) is 102 Å². The predicted octanol–water partition coefficient (Wildman–Crippen LogP) is 17.3. The molecule has 0 saturated carbocycles. The lowest BCUT2D eigenvalue weighted by molar-refractivity contribution is 0.649. The third-order valence-electron chi connectivity index (χ3n) is 16.7. The number of hydrogen-bond acceptors (Lipinski definition) is 6. The summed E-state index contributed by atoms with van der Waals surface area (Å²) in [6.07, 6.45) is 0. The van der Waals surface area contributed by atoms with Crippen molar-refractivity contribution in [1.29, 1.82) is 21.0 Å². The van der Waals surface area contributed by atoms with Crippen molar-refractivity contribution in [3.05, 3.63) is 238 Å². The van der Waals surface area contributed by atoms with Gasteiger partial charge in [-0.1, -0.05) is 90.1 Å². The molecule has 0 N–H and O–H groups in total. The molecule has 3 aliphatic rings. The minimum atomic E-state index is -0.371. The molecule has 6 heteroatoms. The minimum Gasteiger partial charge on any atom is -0.310 e. The Morgan fingerprint density at radius 3 is 0.840 bits per heavy atom. The molecule has 0 spiro atoms. The van der Waals surface area contributed by atoms with E-state index in [0.717, 1.165) is 44.9 Å². The van der Waals surface area contributed by atoms with Crippen LogP contribution in [0.25, 0.3) is 54.9 Å². The van der Waals surface area contributed by atoms with Crippen LogP contribution in [0.1, 0.15) is 97.2 Å². The van der Waals surface area contributed by atoms with Crippen molar-refractivity contribution >= 4 is 55.7 Å². The lowest BCUT2D eigenvalue weighted by atomic mass is 9.78. The zero-order chi connectivity index (χ0) is 51.7. The second kappa shape index (κ2) is 16.1. The molecule has 0 bridgehead atoms. The van der Waals surface area contributed by atoms with Crippen molar-refractivity contribution in [2.75, 3.05) is 9.80 Å². The molecule has 3 aliphatic carbocycles. The molecule has 0 atom stereocenters. The Bertz CT molecular complexity index is 3890. The maximum Gasteiger partial charge on any atom is 0.0991 e. The lowest BCUT2D eigenvalue weighted by Gasteiger charge is -2.30. The summed E-state index contributed by atoms with van der Waals surface area (Å²) in [6, 6.07) is 72.3. The fourth-order valence-corrected chi connectivity index (χ4v) is 12.8. The lowest BCUT2D eigenvalue weighted by Crippen LogP contribution is -2.18. The summed E-state index contributed by atoms with van der Waals surface area (Å²) in [6.45, 7) is 14.2. The van der Waals surface area contributed by atoms with E-state index in [2.05, 4.69) is 161 Å². The highest BCUT2D eigenvalue weighted by Crippen LogP contribution is 2.62. The fraction of sp³-hybridized carbons (Fsp3) is 0.130. The third-order valence-corrected chi connectivity index (χ3v) is 16.7. The normalized spacial score (nSPS) is 14.3. The maximum absolute atomic E-state index is 9.74. The highest BCUT2D eigenvalue weighted by molar-refractivity contribution is 6.12. The first-order valence-electron chi connectivity index (χ1n) is 25.4. The molecule has 354 valence electrons. The first-order chi connectivity index (χ1) is 36.3. The predicted molar refractivity (Wildman–Crippen MR) is 302 cm³/mol. The van der Waals surface area contributed by atoms with Gasteiger partial charge in [0.1, 0.15) is 0 Å². The number of hydrogen-bond donors (Lipinski definition) is 0. The molecular formula is C69H48N6. The monoisotopic (exact) mass is 960 g/mol. The van der Waals surface area contributed by atoms with Crippen LogP contribution in [0.4, 0.5) is 34.1 Å². The van der Waals surface area contributed by atoms with Gasteiger partial charge in [0.2, 0.25) is 0 Å². The van der Waals surface area contributed by atoms with E-state index in [1.165, 1.54) is 77.5 Å². The van der Waals surface area contributed by atoms with Crippen molar-refractivity contribution in [3.63, 3.8) is 0 Å². The molecule has 0 amide bonds. The van der Waals surface area contributed by atoms with Gasteiger partial charge in [0.15, 0.2) is 0 Å². The number of nitriles is 4. The molecule has 0 aliphatic heterocycles. The summed E-state index contributed by atoms with van der Waals surface area (Å²) in [5.74, 6) is 0. The van der Waals surface area contributed by atoms with E-state index in [0.29, 0.717) is 22.3 Å². The van der Waals surface area contributed by atoms with E-state index in [9.17, 15) is 21.0 Å². The summed E-state index contributed by atoms with van der Waals surface area (Å²) in [4.78, 5) is 4.51. The van der Waals surface area contributed by atoms with Crippen LogP contribution >= 0.6 is 0 Å². The number of benzene rings is 10. The van der Waals surface area contributed by atoms with E-state index in [-0.39, 0.29) is 16.2 Å². The summed E-state index contributed by atoms with van der Waals surface area (Å²) in [7, 11) is 0. The van der Waals surface area contributed by atoms with Gasteiger partial charge in [0.25, 0.3) is 0 Å². The molecule has 10 aromatic carbocycles. The Kier molecular flexibility index (Phi) is 9.72. The largest absolute Gasteiger partial charge is 0.310 e. The molecule has 0 unspecified atom stereocenters. The van der Waals surface area contributed by atoms with Gasteiger partial charge in [-0.3, -0.25) is 0 Å². The molecule has 0 aromatic heterocycles. The van der Waals surface area contributed by atoms with E-state index < -0.39 is 0 Å². The number of fused-ring (bicyclic) bond motifs is 13. The SMILES string of the molecule is CC1(C)c2cc3c(cc2-c2cc4c(cc21)-c1c(cc(N(c2ccc(C#N)cc2)c2ccc(C#N)cc2)c2ccccc12)C4(C)C)C(C)(C)c1cc(N(c2ccc(C#N)cc2)c2ccc(C#N)cc2)c2ccccc2c1-3. The van der Waals surface area contributed by atoms with Gasteiger partial charge in [0, 0.05) is 49.8 Å². The molecule has 6 nitrogen and oxygen atoms in total. The Balaban J connectivity index is 0.973. The van der Waals surface area contributed by atoms with E-state index >= 15 is 0 Å². The molecule has 13 rings (SSSR count). The molecule has 0 radical (unpaired) electrons. The standard InChI is InChI=1S/C69H48N6/c1-67(2)57-33-55-59(68(3,4)61-35-63(49-11-7-9-13-51(49)65(55)61)74(45-23-15-41(37-70)16-24-45)46-25-17-42(38-71)18-26-46)31-53(57)54-32-60-56(34-58(54)67)66-52-14-10-8-12-50(52)64(36-62(66)69(60,5)6)75(47-27-19-43(39-72)20-28-47)48-29-21-44(40-73)22-30-48/h7-36H,1-6H3. The van der Waals surface area contributed by atoms with Gasteiger partial charge in [-0.2, -0.15) is 21.0 Å². The van der Waals surface area contributed by atoms with E-state index in [1.807, 2.05) is 97.1 Å². The smallest absolute Gasteiger partial charge is 0.0991 e. The van der Waals surface area contributed by atoms with Gasteiger partial charge in [0.05, 0.1) is 57.9 Å². The Labute approximate surface area is 437 Å². The fourth-order valence-electron chi connectivity index (χ4n) is 12.8. The second-order valence-corrected chi connectivity index (χ2v) is 21.8. The van der Waals surface area contributed by atoms with Gasteiger partial charge < -0.3 is 9.80 Å². The Morgan fingerprint density at radius 2 is 0.547 bits per heavy atom. The first kappa shape index (κ1) is 45.2. The number of anilines is 6. The quantitative estimate of drug-likeness (QED) is 0.164. The minimum absolute atomic E-state index is 0.316. The molecule has 10 aromatic rings. The van der Waals surface area contributed by atoms with Crippen molar-refractivity contribution in [2.45, 2.75) is 57.8 Å². The average molecular weight is 961 g/mol. The zero-order valence-electron chi connectivity index (χ0n) is 42.5. The van der Waals surface area contributed by atoms with Crippen LogP contribution in [-0.4, -0.2) is 0 Å². The number of nitrogens with zero attached hydrogens (tertiary/aromatic N) is 6. The molecule has 0 saturated heterocycles. The van der Waals surface area contributed by atoms with Crippen molar-refractivity contribution < 1.29 is 0 Å². The Hall–Kier alpha value is -9.72. The van der Waals surface area contributed by atoms with Gasteiger partial charge in [-0.15, -0.1) is 0 Å². The van der Waals surface area contributed by atoms with Crippen LogP contribution in [0.5, 0.6) is 0 Å². The zero-order valence-corrected chi connectivity index (χ0v) is 42.5. The van der Waals surface area contributed by atoms with Crippen molar-refractivity contribution in [3.8, 4) is 57.7 Å². The highest BCUT2D eigenvalue weighted by atomic mass is 15.1. The van der Waals surface area contributed by atoms with Crippen LogP contribution in [0.15, 0.2) is 182 Å². The highest BCUT2D eigenvalue weighted by Gasteiger charge is 2.46. The second-order valence-electron chi connectivity index (χ2n) is 21.8. The van der Waals surface area contributed by atoms with Crippen molar-refractivity contribution in [2.24, 2.45) is 0 Å². The first-order valence-corrected chi connectivity index (χ1v) is 25.4. The summed E-state index contributed by atoms with van der Waals surface area (Å²) in [5, 5.41) is 43.5. The van der Waals surface area contributed by atoms with E-state index in [1.54, 1.807) is 0 Å². The average Bonchev–Trinajstić information content (AvgIpc) is 3.91. The molecule has 0 heterocycles. The summed E-state index contributed by atoms with van der Waals surface area (Å²) < 4.78 is 0. The van der Waals surface area contributed by atoms with Crippen LogP contribution < -0.4 is 9.80 Å². The Morgan fingerprint density at radius 1 is 0.293 bits per heavy atom. The van der Waals surface area contributed by atoms with E-state index in [4.69, 9.17) is 0 Å².